The van der Waals surface area contributed by atoms with Crippen molar-refractivity contribution in [2.45, 2.75) is 37.3 Å². The van der Waals surface area contributed by atoms with Crippen LogP contribution in [0.3, 0.4) is 0 Å². The average Bonchev–Trinajstić information content (AvgIpc) is 3.18. The number of hydrogen-bond donors (Lipinski definition) is 2. The highest BCUT2D eigenvalue weighted by molar-refractivity contribution is 5.94. The number of nitrogens with two attached hydrogens (primary N) is 1. The molecule has 1 amide bonds. The Bertz CT molecular complexity index is 777. The number of fused-ring (bicyclic) bond motifs is 2. The molecule has 2 saturated heterocycles. The van der Waals surface area contributed by atoms with E-state index in [2.05, 4.69) is 10.3 Å². The van der Waals surface area contributed by atoms with Crippen LogP contribution >= 0.6 is 0 Å². The van der Waals surface area contributed by atoms with Crippen LogP contribution in [0.5, 0.6) is 0 Å². The van der Waals surface area contributed by atoms with E-state index >= 15 is 0 Å². The third-order valence-electron chi connectivity index (χ3n) is 5.05. The Labute approximate surface area is 133 Å². The van der Waals surface area contributed by atoms with E-state index in [0.29, 0.717) is 34.7 Å². The van der Waals surface area contributed by atoms with E-state index in [9.17, 15) is 9.18 Å². The van der Waals surface area contributed by atoms with Crippen molar-refractivity contribution in [1.82, 2.24) is 10.3 Å². The molecule has 1 aromatic heterocycles. The monoisotopic (exact) mass is 311 g/mol. The molecule has 0 aliphatic carbocycles. The van der Waals surface area contributed by atoms with E-state index in [1.54, 1.807) is 30.5 Å². The van der Waals surface area contributed by atoms with Crippen molar-refractivity contribution >= 4 is 5.91 Å². The van der Waals surface area contributed by atoms with Gasteiger partial charge in [0.2, 0.25) is 11.9 Å². The molecule has 23 heavy (non-hydrogen) atoms. The number of nitrogens with zero attached hydrogens (tertiary/aromatic N) is 1. The number of primary amides is 1. The Morgan fingerprint density at radius 2 is 2.17 bits per heavy atom. The second-order valence-corrected chi connectivity index (χ2v) is 6.44. The summed E-state index contributed by atoms with van der Waals surface area (Å²) in [6.07, 6.45) is 5.12. The predicted molar refractivity (Wildman–Crippen MR) is 85.5 cm³/mol. The van der Waals surface area contributed by atoms with Crippen LogP contribution in [0.4, 0.5) is 4.39 Å². The van der Waals surface area contributed by atoms with E-state index in [0.717, 1.165) is 12.0 Å². The second kappa shape index (κ2) is 5.42. The minimum atomic E-state index is -0.522. The summed E-state index contributed by atoms with van der Waals surface area (Å²) in [5.41, 5.74) is 7.80. The lowest BCUT2D eigenvalue weighted by atomic mass is 9.84. The number of rotatable bonds is 3. The van der Waals surface area contributed by atoms with Crippen LogP contribution in [-0.2, 0) is 0 Å². The van der Waals surface area contributed by atoms with E-state index in [4.69, 9.17) is 5.73 Å². The molecule has 0 saturated carbocycles. The molecule has 2 aromatic rings. The zero-order chi connectivity index (χ0) is 16.0. The fraction of sp³-hybridized carbons (Fsp3) is 0.333. The average molecular weight is 311 g/mol. The highest BCUT2D eigenvalue weighted by Gasteiger charge is 2.40. The molecular formula is C18H18FN3O. The van der Waals surface area contributed by atoms with Gasteiger partial charge in [0, 0.05) is 35.3 Å². The first-order valence-electron chi connectivity index (χ1n) is 7.93. The minimum absolute atomic E-state index is 0.369. The third kappa shape index (κ3) is 2.51. The lowest BCUT2D eigenvalue weighted by Crippen LogP contribution is -2.21. The molecule has 3 N–H and O–H groups in total. The maximum atomic E-state index is 14.2. The minimum Gasteiger partial charge on any atom is -0.366 e. The van der Waals surface area contributed by atoms with Gasteiger partial charge in [-0.3, -0.25) is 4.79 Å². The van der Waals surface area contributed by atoms with Crippen molar-refractivity contribution < 1.29 is 9.18 Å². The zero-order valence-corrected chi connectivity index (χ0v) is 12.6. The molecule has 4 rings (SSSR count). The lowest BCUT2D eigenvalue weighted by Gasteiger charge is -2.21. The first kappa shape index (κ1) is 14.3. The molecule has 2 aliphatic rings. The number of pyridine rings is 1. The summed E-state index contributed by atoms with van der Waals surface area (Å²) in [4.78, 5) is 15.3. The number of benzene rings is 1. The standard InChI is InChI=1S/C18H18FN3O/c19-17-15(10-2-1-3-11(6-10)18(20)23)7-12(9-21-17)14-8-13-4-5-16(14)22-13/h1-3,6-7,9,13-14,16,22H,4-5,8H2,(H2,20,23). The predicted octanol–water partition coefficient (Wildman–Crippen LogP) is 2.59. The summed E-state index contributed by atoms with van der Waals surface area (Å²) >= 11 is 0. The number of hydrogen-bond acceptors (Lipinski definition) is 3. The van der Waals surface area contributed by atoms with Gasteiger partial charge < -0.3 is 11.1 Å². The molecule has 3 heterocycles. The van der Waals surface area contributed by atoms with Gasteiger partial charge in [-0.05, 0) is 48.6 Å². The van der Waals surface area contributed by atoms with Gasteiger partial charge in [-0.1, -0.05) is 12.1 Å². The molecule has 3 atom stereocenters. The van der Waals surface area contributed by atoms with Gasteiger partial charge >= 0.3 is 0 Å². The topological polar surface area (TPSA) is 68.0 Å². The van der Waals surface area contributed by atoms with E-state index in [-0.39, 0.29) is 0 Å². The molecule has 2 fully saturated rings. The van der Waals surface area contributed by atoms with Crippen LogP contribution in [0.1, 0.15) is 41.1 Å². The second-order valence-electron chi connectivity index (χ2n) is 6.44. The highest BCUT2D eigenvalue weighted by atomic mass is 19.1. The summed E-state index contributed by atoms with van der Waals surface area (Å²) in [5.74, 6) is -0.653. The van der Waals surface area contributed by atoms with Crippen molar-refractivity contribution in [3.63, 3.8) is 0 Å². The van der Waals surface area contributed by atoms with Crippen LogP contribution < -0.4 is 11.1 Å². The van der Waals surface area contributed by atoms with Gasteiger partial charge in [-0.15, -0.1) is 0 Å². The number of carbonyl (C=O) groups excluding carboxylic acids is 1. The number of amides is 1. The molecular weight excluding hydrogens is 293 g/mol. The largest absolute Gasteiger partial charge is 0.366 e. The van der Waals surface area contributed by atoms with Gasteiger partial charge in [0.15, 0.2) is 0 Å². The molecule has 0 radical (unpaired) electrons. The molecule has 2 aliphatic heterocycles. The van der Waals surface area contributed by atoms with Crippen LogP contribution in [-0.4, -0.2) is 23.0 Å². The van der Waals surface area contributed by atoms with Gasteiger partial charge in [0.05, 0.1) is 0 Å². The molecule has 1 aromatic carbocycles. The summed E-state index contributed by atoms with van der Waals surface area (Å²) in [6.45, 7) is 0. The number of nitrogens with one attached hydrogen (secondary N) is 1. The number of carbonyl (C=O) groups is 1. The van der Waals surface area contributed by atoms with Crippen molar-refractivity contribution in [3.05, 3.63) is 53.6 Å². The Balaban J connectivity index is 1.73. The summed E-state index contributed by atoms with van der Waals surface area (Å²) in [5, 5.41) is 3.59. The fourth-order valence-electron chi connectivity index (χ4n) is 3.90. The highest BCUT2D eigenvalue weighted by Crippen LogP contribution is 2.40. The van der Waals surface area contributed by atoms with Crippen LogP contribution in [0, 0.1) is 5.95 Å². The molecule has 3 unspecified atom stereocenters. The zero-order valence-electron chi connectivity index (χ0n) is 12.6. The quantitative estimate of drug-likeness (QED) is 0.856. The van der Waals surface area contributed by atoms with Gasteiger partial charge in [-0.25, -0.2) is 4.98 Å². The van der Waals surface area contributed by atoms with Gasteiger partial charge in [0.25, 0.3) is 0 Å². The van der Waals surface area contributed by atoms with Crippen molar-refractivity contribution in [2.75, 3.05) is 0 Å². The van der Waals surface area contributed by atoms with E-state index < -0.39 is 11.9 Å². The van der Waals surface area contributed by atoms with Gasteiger partial charge in [-0.2, -0.15) is 4.39 Å². The fourth-order valence-corrected chi connectivity index (χ4v) is 3.90. The van der Waals surface area contributed by atoms with Crippen molar-refractivity contribution in [2.24, 2.45) is 5.73 Å². The van der Waals surface area contributed by atoms with E-state index in [1.165, 1.54) is 12.8 Å². The molecule has 4 nitrogen and oxygen atoms in total. The van der Waals surface area contributed by atoms with Crippen LogP contribution in [0.2, 0.25) is 0 Å². The number of halogens is 1. The van der Waals surface area contributed by atoms with Crippen molar-refractivity contribution in [3.8, 4) is 11.1 Å². The van der Waals surface area contributed by atoms with Crippen molar-refractivity contribution in [1.29, 1.82) is 0 Å². The maximum absolute atomic E-state index is 14.2. The molecule has 2 bridgehead atoms. The summed E-state index contributed by atoms with van der Waals surface area (Å²) in [6, 6.07) is 9.64. The third-order valence-corrected chi connectivity index (χ3v) is 5.05. The lowest BCUT2D eigenvalue weighted by molar-refractivity contribution is 0.100. The number of aromatic nitrogens is 1. The van der Waals surface area contributed by atoms with Crippen LogP contribution in [0.25, 0.3) is 11.1 Å². The summed E-state index contributed by atoms with van der Waals surface area (Å²) < 4.78 is 14.2. The first-order valence-corrected chi connectivity index (χ1v) is 7.93. The SMILES string of the molecule is NC(=O)c1cccc(-c2cc(C3CC4CCC3N4)cnc2F)c1. The van der Waals surface area contributed by atoms with Crippen LogP contribution in [0.15, 0.2) is 36.5 Å². The summed E-state index contributed by atoms with van der Waals surface area (Å²) in [7, 11) is 0. The normalized spacial score (nSPS) is 25.7. The Morgan fingerprint density at radius 3 is 2.87 bits per heavy atom. The Kier molecular flexibility index (Phi) is 3.38. The first-order chi connectivity index (χ1) is 11.1. The van der Waals surface area contributed by atoms with E-state index in [1.807, 2.05) is 6.07 Å². The smallest absolute Gasteiger partial charge is 0.248 e. The molecule has 5 heteroatoms. The Morgan fingerprint density at radius 1 is 1.30 bits per heavy atom. The van der Waals surface area contributed by atoms with Gasteiger partial charge in [0.1, 0.15) is 0 Å². The molecule has 118 valence electrons. The maximum Gasteiger partial charge on any atom is 0.248 e. The Hall–Kier alpha value is -2.27. The molecule has 0 spiro atoms.